The minimum absolute atomic E-state index is 0.0760. The maximum Gasteiger partial charge on any atom is 0.266 e. The molecule has 0 amide bonds. The van der Waals surface area contributed by atoms with Crippen molar-refractivity contribution in [3.8, 4) is 22.9 Å². The van der Waals surface area contributed by atoms with Crippen molar-refractivity contribution in [2.75, 3.05) is 0 Å². The van der Waals surface area contributed by atoms with Gasteiger partial charge < -0.3 is 15.3 Å². The van der Waals surface area contributed by atoms with Crippen molar-refractivity contribution in [3.63, 3.8) is 0 Å². The molecule has 3 N–H and O–H groups in total. The summed E-state index contributed by atoms with van der Waals surface area (Å²) in [5.41, 5.74) is 0.0936. The van der Waals surface area contributed by atoms with Gasteiger partial charge in [0.1, 0.15) is 17.2 Å². The monoisotopic (exact) mass is 425 g/mol. The molecule has 7 heteroatoms. The van der Waals surface area contributed by atoms with E-state index in [0.29, 0.717) is 20.0 Å². The van der Waals surface area contributed by atoms with E-state index in [2.05, 4.69) is 31.9 Å². The maximum absolute atomic E-state index is 12.7. The lowest BCUT2D eigenvalue weighted by molar-refractivity contribution is 0.452. The molecule has 0 fully saturated rings. The molecule has 0 saturated carbocycles. The number of aromatic hydroxyl groups is 3. The Balaban J connectivity index is 2.43. The molecular formula is C15H9Br2NO4. The molecule has 0 bridgehead atoms. The second-order valence-corrected chi connectivity index (χ2v) is 6.29. The third kappa shape index (κ3) is 2.26. The number of rotatable bonds is 1. The van der Waals surface area contributed by atoms with Crippen LogP contribution in [0.3, 0.4) is 0 Å². The van der Waals surface area contributed by atoms with Gasteiger partial charge in [-0.25, -0.2) is 0 Å². The van der Waals surface area contributed by atoms with Crippen molar-refractivity contribution in [2.45, 2.75) is 0 Å². The highest BCUT2D eigenvalue weighted by atomic mass is 79.9. The van der Waals surface area contributed by atoms with Crippen LogP contribution in [0.25, 0.3) is 16.5 Å². The largest absolute Gasteiger partial charge is 0.508 e. The summed E-state index contributed by atoms with van der Waals surface area (Å²) in [7, 11) is 0. The summed E-state index contributed by atoms with van der Waals surface area (Å²) < 4.78 is 2.19. The van der Waals surface area contributed by atoms with E-state index in [1.807, 2.05) is 0 Å². The Bertz CT molecular complexity index is 949. The minimum Gasteiger partial charge on any atom is -0.508 e. The predicted octanol–water partition coefficient (Wildman–Crippen LogP) is 3.63. The van der Waals surface area contributed by atoms with Gasteiger partial charge in [0.2, 0.25) is 0 Å². The molecule has 0 aliphatic carbocycles. The summed E-state index contributed by atoms with van der Waals surface area (Å²) in [6.07, 6.45) is 1.54. The van der Waals surface area contributed by atoms with Gasteiger partial charge in [0.05, 0.1) is 9.86 Å². The first-order chi connectivity index (χ1) is 10.4. The number of phenols is 3. The molecule has 3 aromatic rings. The molecule has 1 heterocycles. The van der Waals surface area contributed by atoms with Crippen LogP contribution in [0.4, 0.5) is 0 Å². The zero-order chi connectivity index (χ0) is 16.0. The van der Waals surface area contributed by atoms with E-state index in [9.17, 15) is 20.1 Å². The average molecular weight is 427 g/mol. The lowest BCUT2D eigenvalue weighted by atomic mass is 10.1. The van der Waals surface area contributed by atoms with E-state index in [1.165, 1.54) is 16.7 Å². The Morgan fingerprint density at radius 1 is 0.909 bits per heavy atom. The van der Waals surface area contributed by atoms with Crippen molar-refractivity contribution >= 4 is 42.6 Å². The first-order valence-corrected chi connectivity index (χ1v) is 7.73. The maximum atomic E-state index is 12.7. The Hall–Kier alpha value is -1.99. The Morgan fingerprint density at radius 2 is 1.55 bits per heavy atom. The SMILES string of the molecule is O=c1c2c(O)cc(O)c(Br)c2c(Br)cn1-c1ccc(O)cc1. The molecule has 0 radical (unpaired) electrons. The van der Waals surface area contributed by atoms with Crippen LogP contribution in [0.1, 0.15) is 0 Å². The van der Waals surface area contributed by atoms with Gasteiger partial charge >= 0.3 is 0 Å². The summed E-state index contributed by atoms with van der Waals surface area (Å²) in [6, 6.07) is 7.21. The van der Waals surface area contributed by atoms with E-state index in [-0.39, 0.29) is 22.6 Å². The van der Waals surface area contributed by atoms with E-state index < -0.39 is 5.56 Å². The first-order valence-electron chi connectivity index (χ1n) is 6.15. The fourth-order valence-electron chi connectivity index (χ4n) is 2.23. The Labute approximate surface area is 141 Å². The molecule has 112 valence electrons. The van der Waals surface area contributed by atoms with Gasteiger partial charge in [-0.1, -0.05) is 0 Å². The topological polar surface area (TPSA) is 82.7 Å². The molecule has 5 nitrogen and oxygen atoms in total. The molecule has 2 aromatic carbocycles. The number of hydrogen-bond donors (Lipinski definition) is 3. The number of aromatic nitrogens is 1. The lowest BCUT2D eigenvalue weighted by Crippen LogP contribution is -2.18. The Kier molecular flexibility index (Phi) is 3.62. The molecule has 3 rings (SSSR count). The highest BCUT2D eigenvalue weighted by Gasteiger charge is 2.17. The van der Waals surface area contributed by atoms with Crippen LogP contribution >= 0.6 is 31.9 Å². The lowest BCUT2D eigenvalue weighted by Gasteiger charge is -2.12. The molecule has 0 saturated heterocycles. The Morgan fingerprint density at radius 3 is 2.18 bits per heavy atom. The zero-order valence-corrected chi connectivity index (χ0v) is 14.1. The van der Waals surface area contributed by atoms with Gasteiger partial charge in [-0.15, -0.1) is 0 Å². The van der Waals surface area contributed by atoms with Crippen LogP contribution in [-0.2, 0) is 0 Å². The standard InChI is InChI=1S/C15H9Br2NO4/c16-9-6-18(7-1-3-8(19)4-2-7)15(22)13-10(20)5-11(21)14(17)12(9)13/h1-6,19-21H. The van der Waals surface area contributed by atoms with E-state index >= 15 is 0 Å². The minimum atomic E-state index is -0.443. The van der Waals surface area contributed by atoms with Crippen molar-refractivity contribution in [1.29, 1.82) is 0 Å². The number of phenolic OH excluding ortho intramolecular Hbond substituents is 3. The van der Waals surface area contributed by atoms with Crippen LogP contribution in [0, 0.1) is 0 Å². The van der Waals surface area contributed by atoms with Gasteiger partial charge in [0, 0.05) is 27.8 Å². The highest BCUT2D eigenvalue weighted by molar-refractivity contribution is 9.11. The molecule has 0 atom stereocenters. The number of nitrogens with zero attached hydrogens (tertiary/aromatic N) is 1. The number of hydrogen-bond acceptors (Lipinski definition) is 4. The van der Waals surface area contributed by atoms with Crippen molar-refractivity contribution in [1.82, 2.24) is 4.57 Å². The van der Waals surface area contributed by atoms with Crippen LogP contribution in [0.2, 0.25) is 0 Å². The third-order valence-electron chi connectivity index (χ3n) is 3.27. The molecule has 0 aliphatic rings. The first kappa shape index (κ1) is 14.9. The number of benzene rings is 2. The predicted molar refractivity (Wildman–Crippen MR) is 89.9 cm³/mol. The molecule has 0 aliphatic heterocycles. The molecule has 0 spiro atoms. The second kappa shape index (κ2) is 5.33. The fourth-order valence-corrected chi connectivity index (χ4v) is 3.63. The van der Waals surface area contributed by atoms with Gasteiger partial charge in [0.15, 0.2) is 0 Å². The van der Waals surface area contributed by atoms with Gasteiger partial charge in [-0.3, -0.25) is 9.36 Å². The van der Waals surface area contributed by atoms with E-state index in [1.54, 1.807) is 18.3 Å². The zero-order valence-electron chi connectivity index (χ0n) is 10.9. The molecular weight excluding hydrogens is 418 g/mol. The van der Waals surface area contributed by atoms with Gasteiger partial charge in [-0.05, 0) is 56.1 Å². The number of halogens is 2. The normalized spacial score (nSPS) is 11.0. The highest BCUT2D eigenvalue weighted by Crippen LogP contribution is 2.40. The molecule has 0 unspecified atom stereocenters. The average Bonchev–Trinajstić information content (AvgIpc) is 2.47. The van der Waals surface area contributed by atoms with E-state index in [4.69, 9.17) is 0 Å². The van der Waals surface area contributed by atoms with Gasteiger partial charge in [-0.2, -0.15) is 0 Å². The van der Waals surface area contributed by atoms with E-state index in [0.717, 1.165) is 6.07 Å². The van der Waals surface area contributed by atoms with Crippen LogP contribution < -0.4 is 5.56 Å². The summed E-state index contributed by atoms with van der Waals surface area (Å²) >= 11 is 6.57. The van der Waals surface area contributed by atoms with Crippen LogP contribution in [0.15, 0.2) is 50.3 Å². The van der Waals surface area contributed by atoms with Crippen molar-refractivity contribution in [3.05, 3.63) is 55.8 Å². The second-order valence-electron chi connectivity index (χ2n) is 4.65. The van der Waals surface area contributed by atoms with Gasteiger partial charge in [0.25, 0.3) is 5.56 Å². The number of pyridine rings is 1. The summed E-state index contributed by atoms with van der Waals surface area (Å²) in [4.78, 5) is 12.7. The summed E-state index contributed by atoms with van der Waals surface area (Å²) in [5, 5.41) is 29.6. The smallest absolute Gasteiger partial charge is 0.266 e. The van der Waals surface area contributed by atoms with Crippen LogP contribution in [0.5, 0.6) is 17.2 Å². The summed E-state index contributed by atoms with van der Waals surface area (Å²) in [5.74, 6) is -0.380. The van der Waals surface area contributed by atoms with Crippen molar-refractivity contribution in [2.24, 2.45) is 0 Å². The quantitative estimate of drug-likeness (QED) is 0.554. The number of fused-ring (bicyclic) bond motifs is 1. The molecule has 1 aromatic heterocycles. The van der Waals surface area contributed by atoms with Crippen molar-refractivity contribution < 1.29 is 15.3 Å². The fraction of sp³-hybridized carbons (Fsp3) is 0. The van der Waals surface area contributed by atoms with Crippen LogP contribution in [-0.4, -0.2) is 19.9 Å². The third-order valence-corrected chi connectivity index (χ3v) is 4.67. The molecule has 22 heavy (non-hydrogen) atoms. The summed E-state index contributed by atoms with van der Waals surface area (Å²) in [6.45, 7) is 0.